The Balaban J connectivity index is 1.96. The van der Waals surface area contributed by atoms with Crippen LogP contribution in [0.5, 0.6) is 17.2 Å². The Hall–Kier alpha value is -4.13. The summed E-state index contributed by atoms with van der Waals surface area (Å²) >= 11 is 0. The monoisotopic (exact) mass is 418 g/mol. The summed E-state index contributed by atoms with van der Waals surface area (Å²) < 4.78 is 22.5. The number of ether oxygens (including phenoxy) is 3. The fraction of sp³-hybridized carbons (Fsp3) is 0.125. The van der Waals surface area contributed by atoms with Gasteiger partial charge in [-0.3, -0.25) is 10.1 Å². The van der Waals surface area contributed by atoms with E-state index in [2.05, 4.69) is 0 Å². The topological polar surface area (TPSA) is 82.1 Å². The summed E-state index contributed by atoms with van der Waals surface area (Å²) in [4.78, 5) is 10.6. The van der Waals surface area contributed by atoms with Crippen LogP contribution in [0.2, 0.25) is 0 Å². The van der Waals surface area contributed by atoms with E-state index in [4.69, 9.17) is 18.6 Å². The molecular formula is C24H20NO6+. The molecule has 0 amide bonds. The van der Waals surface area contributed by atoms with Crippen molar-refractivity contribution in [3.05, 3.63) is 76.8 Å². The molecule has 0 fully saturated rings. The predicted octanol–water partition coefficient (Wildman–Crippen LogP) is 5.98. The van der Waals surface area contributed by atoms with Gasteiger partial charge >= 0.3 is 11.5 Å². The Morgan fingerprint density at radius 3 is 1.97 bits per heavy atom. The molecule has 0 atom stereocenters. The van der Waals surface area contributed by atoms with Gasteiger partial charge in [0.15, 0.2) is 11.5 Å². The fourth-order valence-electron chi connectivity index (χ4n) is 3.39. The van der Waals surface area contributed by atoms with E-state index in [9.17, 15) is 10.1 Å². The molecule has 156 valence electrons. The van der Waals surface area contributed by atoms with Crippen molar-refractivity contribution in [1.82, 2.24) is 0 Å². The molecule has 0 bridgehead atoms. The number of nitro groups is 1. The van der Waals surface area contributed by atoms with Crippen LogP contribution in [0, 0.1) is 10.1 Å². The van der Waals surface area contributed by atoms with Crippen molar-refractivity contribution in [3.8, 4) is 39.9 Å². The highest BCUT2D eigenvalue weighted by Crippen LogP contribution is 2.40. The number of nitro benzene ring substituents is 1. The summed E-state index contributed by atoms with van der Waals surface area (Å²) in [6.07, 6.45) is 0. The van der Waals surface area contributed by atoms with E-state index in [1.807, 2.05) is 42.5 Å². The van der Waals surface area contributed by atoms with Crippen molar-refractivity contribution in [2.24, 2.45) is 0 Å². The highest BCUT2D eigenvalue weighted by Gasteiger charge is 2.25. The number of fused-ring (bicyclic) bond motifs is 1. The first-order valence-electron chi connectivity index (χ1n) is 9.46. The summed E-state index contributed by atoms with van der Waals surface area (Å²) in [7, 11) is 4.76. The van der Waals surface area contributed by atoms with E-state index >= 15 is 0 Å². The molecule has 7 heteroatoms. The third kappa shape index (κ3) is 3.85. The lowest BCUT2D eigenvalue weighted by molar-refractivity contribution is -0.384. The smallest absolute Gasteiger partial charge is 0.368 e. The molecular weight excluding hydrogens is 398 g/mol. The van der Waals surface area contributed by atoms with Crippen LogP contribution in [0.4, 0.5) is 5.69 Å². The molecule has 3 aromatic carbocycles. The van der Waals surface area contributed by atoms with E-state index in [1.165, 1.54) is 12.1 Å². The van der Waals surface area contributed by atoms with E-state index < -0.39 is 4.92 Å². The Morgan fingerprint density at radius 1 is 0.774 bits per heavy atom. The molecule has 0 aliphatic rings. The van der Waals surface area contributed by atoms with Gasteiger partial charge in [-0.2, -0.15) is 0 Å². The maximum Gasteiger partial charge on any atom is 0.368 e. The summed E-state index contributed by atoms with van der Waals surface area (Å²) in [5, 5.41) is 12.7. The number of rotatable bonds is 6. The van der Waals surface area contributed by atoms with E-state index in [1.54, 1.807) is 33.5 Å². The van der Waals surface area contributed by atoms with Gasteiger partial charge in [-0.25, -0.2) is 4.42 Å². The van der Waals surface area contributed by atoms with Crippen LogP contribution < -0.4 is 14.2 Å². The van der Waals surface area contributed by atoms with Gasteiger partial charge in [-0.15, -0.1) is 0 Å². The van der Waals surface area contributed by atoms with Crippen LogP contribution in [0.25, 0.3) is 33.4 Å². The van der Waals surface area contributed by atoms with Crippen LogP contribution in [-0.2, 0) is 0 Å². The number of benzene rings is 3. The zero-order valence-corrected chi connectivity index (χ0v) is 17.2. The van der Waals surface area contributed by atoms with Gasteiger partial charge in [0.25, 0.3) is 5.69 Å². The zero-order chi connectivity index (χ0) is 22.0. The predicted molar refractivity (Wildman–Crippen MR) is 118 cm³/mol. The first kappa shape index (κ1) is 20.2. The van der Waals surface area contributed by atoms with Gasteiger partial charge in [0.05, 0.1) is 48.8 Å². The number of hydrogen-bond acceptors (Lipinski definition) is 5. The lowest BCUT2D eigenvalue weighted by Crippen LogP contribution is -1.93. The largest absolute Gasteiger partial charge is 0.497 e. The third-order valence-corrected chi connectivity index (χ3v) is 5.01. The summed E-state index contributed by atoms with van der Waals surface area (Å²) in [5.74, 6) is 3.10. The van der Waals surface area contributed by atoms with Crippen molar-refractivity contribution in [2.45, 2.75) is 0 Å². The van der Waals surface area contributed by atoms with Crippen LogP contribution >= 0.6 is 0 Å². The molecule has 0 radical (unpaired) electrons. The first-order chi connectivity index (χ1) is 15.0. The SMILES string of the molecule is COc1ccc(-c2cc3cc(OC)c(OC)cc3c(-c3ccc([N+](=O)[O-])cc3)[o+]2)cc1. The lowest BCUT2D eigenvalue weighted by Gasteiger charge is -2.09. The third-order valence-electron chi connectivity index (χ3n) is 5.01. The highest BCUT2D eigenvalue weighted by molar-refractivity contribution is 5.97. The minimum atomic E-state index is -0.430. The summed E-state index contributed by atoms with van der Waals surface area (Å²) in [6.45, 7) is 0. The molecule has 4 rings (SSSR count). The number of hydrogen-bond donors (Lipinski definition) is 0. The summed E-state index contributed by atoms with van der Waals surface area (Å²) in [6, 6.07) is 19.4. The Bertz CT molecular complexity index is 1250. The van der Waals surface area contributed by atoms with Crippen LogP contribution in [0.3, 0.4) is 0 Å². The molecule has 0 aliphatic carbocycles. The fourth-order valence-corrected chi connectivity index (χ4v) is 3.39. The van der Waals surface area contributed by atoms with Crippen molar-refractivity contribution in [3.63, 3.8) is 0 Å². The number of non-ortho nitro benzene ring substituents is 1. The quantitative estimate of drug-likeness (QED) is 0.218. The average molecular weight is 418 g/mol. The standard InChI is InChI=1S/C24H20NO6/c1-28-19-10-6-15(7-11-19)21-12-17-13-22(29-2)23(30-3)14-20(17)24(31-21)16-4-8-18(9-5-16)25(26)27/h4-14H,1-3H3/q+1. The molecule has 1 heterocycles. The molecule has 31 heavy (non-hydrogen) atoms. The molecule has 1 aromatic heterocycles. The second kappa shape index (κ2) is 8.31. The maximum atomic E-state index is 11.0. The molecule has 0 N–H and O–H groups in total. The lowest BCUT2D eigenvalue weighted by atomic mass is 10.0. The minimum absolute atomic E-state index is 0.0126. The van der Waals surface area contributed by atoms with Gasteiger partial charge in [0.1, 0.15) is 5.75 Å². The van der Waals surface area contributed by atoms with Crippen LogP contribution in [0.1, 0.15) is 0 Å². The molecule has 0 aliphatic heterocycles. The molecule has 4 aromatic rings. The Morgan fingerprint density at radius 2 is 1.39 bits per heavy atom. The van der Waals surface area contributed by atoms with Gasteiger partial charge < -0.3 is 14.2 Å². The van der Waals surface area contributed by atoms with Gasteiger partial charge in [-0.1, -0.05) is 0 Å². The number of methoxy groups -OCH3 is 3. The van der Waals surface area contributed by atoms with Crippen molar-refractivity contribution < 1.29 is 23.6 Å². The van der Waals surface area contributed by atoms with Crippen molar-refractivity contribution in [2.75, 3.05) is 21.3 Å². The first-order valence-corrected chi connectivity index (χ1v) is 9.46. The normalized spacial score (nSPS) is 10.7. The van der Waals surface area contributed by atoms with Gasteiger partial charge in [0, 0.05) is 23.6 Å². The van der Waals surface area contributed by atoms with Crippen LogP contribution in [-0.4, -0.2) is 26.3 Å². The Labute approximate surface area is 178 Å². The van der Waals surface area contributed by atoms with E-state index in [0.29, 0.717) is 28.6 Å². The van der Waals surface area contributed by atoms with Crippen LogP contribution in [0.15, 0.2) is 71.1 Å². The average Bonchev–Trinajstić information content (AvgIpc) is 2.82. The number of nitrogens with zero attached hydrogens (tertiary/aromatic N) is 1. The maximum absolute atomic E-state index is 11.0. The molecule has 0 saturated heterocycles. The van der Waals surface area contributed by atoms with Crippen molar-refractivity contribution in [1.29, 1.82) is 0 Å². The van der Waals surface area contributed by atoms with E-state index in [0.717, 1.165) is 22.1 Å². The molecule has 0 saturated carbocycles. The molecule has 0 unspecified atom stereocenters. The highest BCUT2D eigenvalue weighted by atomic mass is 16.6. The minimum Gasteiger partial charge on any atom is -0.497 e. The van der Waals surface area contributed by atoms with Crippen molar-refractivity contribution >= 4 is 16.5 Å². The summed E-state index contributed by atoms with van der Waals surface area (Å²) in [5.41, 5.74) is 1.58. The molecule has 0 spiro atoms. The zero-order valence-electron chi connectivity index (χ0n) is 17.2. The second-order valence-corrected chi connectivity index (χ2v) is 6.77. The Kier molecular flexibility index (Phi) is 5.41. The van der Waals surface area contributed by atoms with Gasteiger partial charge in [0.2, 0.25) is 0 Å². The molecule has 7 nitrogen and oxygen atoms in total. The van der Waals surface area contributed by atoms with E-state index in [-0.39, 0.29) is 5.69 Å². The second-order valence-electron chi connectivity index (χ2n) is 6.77. The van der Waals surface area contributed by atoms with Gasteiger partial charge in [-0.05, 0) is 42.5 Å².